The van der Waals surface area contributed by atoms with E-state index in [-0.39, 0.29) is 5.91 Å². The number of amides is 1. The molecule has 0 saturated carbocycles. The summed E-state index contributed by atoms with van der Waals surface area (Å²) in [4.78, 5) is 15.3. The van der Waals surface area contributed by atoms with Gasteiger partial charge >= 0.3 is 0 Å². The fourth-order valence-corrected chi connectivity index (χ4v) is 3.76. The number of ether oxygens (including phenoxy) is 3. The van der Waals surface area contributed by atoms with Crippen molar-refractivity contribution >= 4 is 11.6 Å². The van der Waals surface area contributed by atoms with Crippen molar-refractivity contribution in [3.8, 4) is 17.2 Å². The van der Waals surface area contributed by atoms with Gasteiger partial charge < -0.3 is 24.4 Å². The maximum atomic E-state index is 13.4. The van der Waals surface area contributed by atoms with E-state index in [1.807, 2.05) is 71.6 Å². The third kappa shape index (κ3) is 3.52. The van der Waals surface area contributed by atoms with Gasteiger partial charge in [0.15, 0.2) is 11.5 Å². The molecule has 1 aliphatic heterocycles. The number of fused-ring (bicyclic) bond motifs is 1. The summed E-state index contributed by atoms with van der Waals surface area (Å²) in [6.45, 7) is 0.461. The van der Waals surface area contributed by atoms with Crippen molar-refractivity contribution in [1.29, 1.82) is 0 Å². The number of anilines is 1. The summed E-state index contributed by atoms with van der Waals surface area (Å²) in [7, 11) is 4.73. The van der Waals surface area contributed by atoms with Gasteiger partial charge in [0.2, 0.25) is 5.75 Å². The SMILES string of the molecule is COc1cc([C@H]2Nc3ccccc3C(=O)N2Cc2ccccc2)cc(OC)c1OC. The summed E-state index contributed by atoms with van der Waals surface area (Å²) in [6.07, 6.45) is -0.402. The van der Waals surface area contributed by atoms with E-state index in [2.05, 4.69) is 5.32 Å². The van der Waals surface area contributed by atoms with E-state index >= 15 is 0 Å². The van der Waals surface area contributed by atoms with Gasteiger partial charge in [-0.1, -0.05) is 42.5 Å². The minimum absolute atomic E-state index is 0.0352. The van der Waals surface area contributed by atoms with Gasteiger partial charge in [-0.25, -0.2) is 0 Å². The first-order valence-electron chi connectivity index (χ1n) is 9.66. The van der Waals surface area contributed by atoms with Gasteiger partial charge in [0, 0.05) is 17.8 Å². The highest BCUT2D eigenvalue weighted by atomic mass is 16.5. The molecule has 3 aromatic rings. The molecule has 0 fully saturated rings. The Morgan fingerprint density at radius 3 is 2.13 bits per heavy atom. The standard InChI is InChI=1S/C24H24N2O4/c1-28-20-13-17(14-21(29-2)22(20)30-3)23-25-19-12-8-7-11-18(19)24(27)26(23)15-16-9-5-4-6-10-16/h4-14,23,25H,15H2,1-3H3/t23-/m0/s1. The Morgan fingerprint density at radius 1 is 0.867 bits per heavy atom. The normalized spacial score (nSPS) is 15.2. The van der Waals surface area contributed by atoms with Crippen LogP contribution < -0.4 is 19.5 Å². The lowest BCUT2D eigenvalue weighted by Gasteiger charge is -2.38. The van der Waals surface area contributed by atoms with Crippen LogP contribution in [0.3, 0.4) is 0 Å². The Labute approximate surface area is 176 Å². The molecular formula is C24H24N2O4. The van der Waals surface area contributed by atoms with E-state index in [1.165, 1.54) is 0 Å². The molecule has 6 heteroatoms. The van der Waals surface area contributed by atoms with Crippen LogP contribution in [0.4, 0.5) is 5.69 Å². The Kier molecular flexibility index (Phi) is 5.48. The molecule has 1 aliphatic rings. The highest BCUT2D eigenvalue weighted by Gasteiger charge is 2.34. The molecule has 0 radical (unpaired) electrons. The van der Waals surface area contributed by atoms with Crippen LogP contribution in [-0.4, -0.2) is 32.1 Å². The zero-order chi connectivity index (χ0) is 21.1. The molecule has 30 heavy (non-hydrogen) atoms. The molecular weight excluding hydrogens is 380 g/mol. The molecule has 0 spiro atoms. The number of nitrogens with zero attached hydrogens (tertiary/aromatic N) is 1. The number of carbonyl (C=O) groups excluding carboxylic acids is 1. The molecule has 0 aliphatic carbocycles. The zero-order valence-corrected chi connectivity index (χ0v) is 17.2. The van der Waals surface area contributed by atoms with Crippen LogP contribution in [0.1, 0.15) is 27.7 Å². The van der Waals surface area contributed by atoms with Crippen LogP contribution in [-0.2, 0) is 6.54 Å². The highest BCUT2D eigenvalue weighted by molar-refractivity contribution is 6.01. The lowest BCUT2D eigenvalue weighted by atomic mass is 10.0. The van der Waals surface area contributed by atoms with Crippen molar-refractivity contribution in [2.24, 2.45) is 0 Å². The maximum Gasteiger partial charge on any atom is 0.258 e. The monoisotopic (exact) mass is 404 g/mol. The highest BCUT2D eigenvalue weighted by Crippen LogP contribution is 2.42. The first-order chi connectivity index (χ1) is 14.7. The molecule has 0 unspecified atom stereocenters. The average Bonchev–Trinajstić information content (AvgIpc) is 2.80. The Morgan fingerprint density at radius 2 is 1.50 bits per heavy atom. The molecule has 1 atom stereocenters. The number of benzene rings is 3. The van der Waals surface area contributed by atoms with Crippen LogP contribution in [0, 0.1) is 0 Å². The van der Waals surface area contributed by atoms with Gasteiger partial charge in [-0.2, -0.15) is 0 Å². The summed E-state index contributed by atoms with van der Waals surface area (Å²) >= 11 is 0. The molecule has 1 heterocycles. The van der Waals surface area contributed by atoms with Crippen LogP contribution >= 0.6 is 0 Å². The lowest BCUT2D eigenvalue weighted by Crippen LogP contribution is -2.42. The average molecular weight is 404 g/mol. The molecule has 1 amide bonds. The van der Waals surface area contributed by atoms with E-state index in [0.29, 0.717) is 29.4 Å². The fraction of sp³-hybridized carbons (Fsp3) is 0.208. The van der Waals surface area contributed by atoms with Crippen LogP contribution in [0.2, 0.25) is 0 Å². The largest absolute Gasteiger partial charge is 0.493 e. The molecule has 1 N–H and O–H groups in total. The van der Waals surface area contributed by atoms with Crippen molar-refractivity contribution < 1.29 is 19.0 Å². The third-order valence-corrected chi connectivity index (χ3v) is 5.22. The van der Waals surface area contributed by atoms with Crippen molar-refractivity contribution in [2.45, 2.75) is 12.7 Å². The molecule has 4 rings (SSSR count). The smallest absolute Gasteiger partial charge is 0.258 e. The molecule has 0 saturated heterocycles. The predicted octanol–water partition coefficient (Wildman–Crippen LogP) is 4.48. The molecule has 0 bridgehead atoms. The number of rotatable bonds is 6. The van der Waals surface area contributed by atoms with Gasteiger partial charge in [0.05, 0.1) is 26.9 Å². The Balaban J connectivity index is 1.82. The van der Waals surface area contributed by atoms with Crippen molar-refractivity contribution in [2.75, 3.05) is 26.6 Å². The zero-order valence-electron chi connectivity index (χ0n) is 17.2. The fourth-order valence-electron chi connectivity index (χ4n) is 3.76. The van der Waals surface area contributed by atoms with Crippen LogP contribution in [0.5, 0.6) is 17.2 Å². The third-order valence-electron chi connectivity index (χ3n) is 5.22. The molecule has 154 valence electrons. The number of carbonyl (C=O) groups is 1. The number of hydrogen-bond acceptors (Lipinski definition) is 5. The van der Waals surface area contributed by atoms with Gasteiger partial charge in [-0.3, -0.25) is 4.79 Å². The van der Waals surface area contributed by atoms with Crippen molar-refractivity contribution in [3.63, 3.8) is 0 Å². The van der Waals surface area contributed by atoms with Gasteiger partial charge in [0.25, 0.3) is 5.91 Å². The number of nitrogens with one attached hydrogen (secondary N) is 1. The summed E-state index contributed by atoms with van der Waals surface area (Å²) < 4.78 is 16.5. The Hall–Kier alpha value is -3.67. The minimum Gasteiger partial charge on any atom is -0.493 e. The Bertz CT molecular complexity index is 1030. The second-order valence-electron chi connectivity index (χ2n) is 6.97. The van der Waals surface area contributed by atoms with Crippen molar-refractivity contribution in [3.05, 3.63) is 83.4 Å². The summed E-state index contributed by atoms with van der Waals surface area (Å²) in [6, 6.07) is 21.2. The topological polar surface area (TPSA) is 60.0 Å². The minimum atomic E-state index is -0.402. The summed E-state index contributed by atoms with van der Waals surface area (Å²) in [5.74, 6) is 1.56. The lowest BCUT2D eigenvalue weighted by molar-refractivity contribution is 0.0666. The second-order valence-corrected chi connectivity index (χ2v) is 6.97. The summed E-state index contributed by atoms with van der Waals surface area (Å²) in [5, 5.41) is 3.51. The van der Waals surface area contributed by atoms with E-state index in [9.17, 15) is 4.79 Å². The van der Waals surface area contributed by atoms with Gasteiger partial charge in [-0.15, -0.1) is 0 Å². The number of para-hydroxylation sites is 1. The van der Waals surface area contributed by atoms with E-state index in [4.69, 9.17) is 14.2 Å². The van der Waals surface area contributed by atoms with Gasteiger partial charge in [-0.05, 0) is 29.8 Å². The maximum absolute atomic E-state index is 13.4. The molecule has 6 nitrogen and oxygen atoms in total. The van der Waals surface area contributed by atoms with Gasteiger partial charge in [0.1, 0.15) is 6.17 Å². The van der Waals surface area contributed by atoms with E-state index in [1.54, 1.807) is 21.3 Å². The number of methoxy groups -OCH3 is 3. The summed E-state index contributed by atoms with van der Waals surface area (Å²) in [5.41, 5.74) is 3.33. The van der Waals surface area contributed by atoms with E-state index in [0.717, 1.165) is 16.8 Å². The van der Waals surface area contributed by atoms with Crippen LogP contribution in [0.25, 0.3) is 0 Å². The van der Waals surface area contributed by atoms with Crippen molar-refractivity contribution in [1.82, 2.24) is 4.90 Å². The molecule has 3 aromatic carbocycles. The quantitative estimate of drug-likeness (QED) is 0.656. The van der Waals surface area contributed by atoms with E-state index < -0.39 is 6.17 Å². The first kappa shape index (κ1) is 19.6. The second kappa shape index (κ2) is 8.37. The number of hydrogen-bond donors (Lipinski definition) is 1. The molecule has 0 aromatic heterocycles. The predicted molar refractivity (Wildman–Crippen MR) is 115 cm³/mol. The first-order valence-corrected chi connectivity index (χ1v) is 9.66. The van der Waals surface area contributed by atoms with Crippen LogP contribution in [0.15, 0.2) is 66.7 Å².